The molecule has 0 aromatic rings. The lowest BCUT2D eigenvalue weighted by atomic mass is 10.0. The topological polar surface area (TPSA) is 173 Å². The van der Waals surface area contributed by atoms with Gasteiger partial charge >= 0.3 is 11.3 Å². The first-order chi connectivity index (χ1) is 8.48. The number of nitro groups is 4. The van der Waals surface area contributed by atoms with Gasteiger partial charge in [0.1, 0.15) is 6.92 Å². The van der Waals surface area contributed by atoms with Crippen molar-refractivity contribution in [3.05, 3.63) is 47.4 Å². The fraction of sp³-hybridized carbons (Fsp3) is 0.857. The van der Waals surface area contributed by atoms with Crippen LogP contribution in [0.1, 0.15) is 26.2 Å². The minimum Gasteiger partial charge on any atom is -0.258 e. The first kappa shape index (κ1) is 16.6. The van der Waals surface area contributed by atoms with E-state index in [2.05, 4.69) is 6.92 Å². The molecule has 0 aromatic heterocycles. The van der Waals surface area contributed by atoms with Gasteiger partial charge in [-0.25, -0.2) is 0 Å². The Morgan fingerprint density at radius 2 is 1.21 bits per heavy atom. The number of nitrogens with zero attached hydrogens (tertiary/aromatic N) is 4. The van der Waals surface area contributed by atoms with Crippen LogP contribution in [0.5, 0.6) is 0 Å². The third-order valence-electron chi connectivity index (χ3n) is 2.69. The largest absolute Gasteiger partial charge is 0.459 e. The molecule has 0 unspecified atom stereocenters. The monoisotopic (exact) mass is 279 g/mol. The molecule has 0 spiro atoms. The standard InChI is InChI=1S/C7H11N4O8/c1-6(8(12)13,9(14)15)4-3-5-7(2,10(16)17)11(18)19/h1,3-5H2,2H3. The normalized spacial score (nSPS) is 11.9. The van der Waals surface area contributed by atoms with Crippen LogP contribution in [0.15, 0.2) is 0 Å². The van der Waals surface area contributed by atoms with Crippen LogP contribution in [0.3, 0.4) is 0 Å². The summed E-state index contributed by atoms with van der Waals surface area (Å²) in [6.07, 6.45) is -1.87. The molecular weight excluding hydrogens is 268 g/mol. The van der Waals surface area contributed by atoms with E-state index in [1.807, 2.05) is 0 Å². The molecule has 0 fully saturated rings. The molecule has 0 aliphatic carbocycles. The second kappa shape index (κ2) is 5.49. The minimum atomic E-state index is -2.76. The first-order valence-corrected chi connectivity index (χ1v) is 4.92. The molecule has 0 heterocycles. The van der Waals surface area contributed by atoms with Gasteiger partial charge in [0.15, 0.2) is 0 Å². The highest BCUT2D eigenvalue weighted by molar-refractivity contribution is 4.72. The van der Waals surface area contributed by atoms with Crippen molar-refractivity contribution in [1.29, 1.82) is 0 Å². The van der Waals surface area contributed by atoms with Crippen molar-refractivity contribution in [3.63, 3.8) is 0 Å². The highest BCUT2D eigenvalue weighted by atomic mass is 16.7. The number of hydrogen-bond acceptors (Lipinski definition) is 8. The van der Waals surface area contributed by atoms with Gasteiger partial charge in [0.2, 0.25) is 0 Å². The molecule has 0 N–H and O–H groups in total. The maximum Gasteiger partial charge on any atom is 0.459 e. The molecule has 0 aromatic carbocycles. The molecule has 0 amide bonds. The summed E-state index contributed by atoms with van der Waals surface area (Å²) in [5.74, 6) is 0. The van der Waals surface area contributed by atoms with E-state index in [0.29, 0.717) is 0 Å². The fourth-order valence-corrected chi connectivity index (χ4v) is 1.20. The smallest absolute Gasteiger partial charge is 0.258 e. The van der Waals surface area contributed by atoms with Gasteiger partial charge in [0.05, 0.1) is 39.5 Å². The molecule has 19 heavy (non-hydrogen) atoms. The number of hydrogen-bond donors (Lipinski definition) is 0. The molecule has 0 bridgehead atoms. The third-order valence-corrected chi connectivity index (χ3v) is 2.69. The second-order valence-electron chi connectivity index (χ2n) is 4.08. The van der Waals surface area contributed by atoms with E-state index in [9.17, 15) is 40.5 Å². The van der Waals surface area contributed by atoms with Crippen LogP contribution in [0.2, 0.25) is 0 Å². The Morgan fingerprint density at radius 3 is 1.47 bits per heavy atom. The zero-order chi connectivity index (χ0) is 15.4. The lowest BCUT2D eigenvalue weighted by Crippen LogP contribution is -2.46. The zero-order valence-electron chi connectivity index (χ0n) is 9.88. The molecule has 0 atom stereocenters. The van der Waals surface area contributed by atoms with Gasteiger partial charge in [-0.3, -0.25) is 40.5 Å². The van der Waals surface area contributed by atoms with Gasteiger partial charge in [0.25, 0.3) is 0 Å². The van der Waals surface area contributed by atoms with E-state index in [1.165, 1.54) is 0 Å². The summed E-state index contributed by atoms with van der Waals surface area (Å²) in [5.41, 5.74) is -5.29. The summed E-state index contributed by atoms with van der Waals surface area (Å²) in [6.45, 7) is 3.57. The summed E-state index contributed by atoms with van der Waals surface area (Å²) < 4.78 is 0. The highest BCUT2D eigenvalue weighted by Crippen LogP contribution is 2.24. The van der Waals surface area contributed by atoms with Gasteiger partial charge in [-0.05, 0) is 6.42 Å². The molecule has 1 radical (unpaired) electrons. The molecule has 0 aliphatic rings. The maximum atomic E-state index is 10.6. The lowest BCUT2D eigenvalue weighted by Gasteiger charge is -2.14. The predicted molar refractivity (Wildman–Crippen MR) is 58.3 cm³/mol. The molecular formula is C7H11N4O8. The predicted octanol–water partition coefficient (Wildman–Crippen LogP) is 0.510. The van der Waals surface area contributed by atoms with Gasteiger partial charge < -0.3 is 0 Å². The fourth-order valence-electron chi connectivity index (χ4n) is 1.20. The van der Waals surface area contributed by atoms with Gasteiger partial charge in [-0.15, -0.1) is 0 Å². The average molecular weight is 279 g/mol. The Labute approximate surface area is 106 Å². The van der Waals surface area contributed by atoms with Gasteiger partial charge in [-0.1, -0.05) is 0 Å². The molecule has 0 saturated carbocycles. The summed E-state index contributed by atoms with van der Waals surface area (Å²) >= 11 is 0. The van der Waals surface area contributed by atoms with Gasteiger partial charge in [0, 0.05) is 0 Å². The average Bonchev–Trinajstić information content (AvgIpc) is 2.27. The van der Waals surface area contributed by atoms with Crippen LogP contribution in [0.25, 0.3) is 0 Å². The number of rotatable bonds is 8. The summed E-state index contributed by atoms with van der Waals surface area (Å²) in [4.78, 5) is 37.4. The van der Waals surface area contributed by atoms with E-state index in [0.717, 1.165) is 6.92 Å². The summed E-state index contributed by atoms with van der Waals surface area (Å²) in [6, 6.07) is 0. The third kappa shape index (κ3) is 3.29. The molecule has 0 rings (SSSR count). The van der Waals surface area contributed by atoms with Crippen molar-refractivity contribution < 1.29 is 19.7 Å². The Kier molecular flexibility index (Phi) is 4.80. The van der Waals surface area contributed by atoms with Crippen LogP contribution in [-0.2, 0) is 0 Å². The Hall–Kier alpha value is -2.40. The van der Waals surface area contributed by atoms with Crippen LogP contribution in [0, 0.1) is 47.4 Å². The van der Waals surface area contributed by atoms with Crippen molar-refractivity contribution in [1.82, 2.24) is 0 Å². The maximum absolute atomic E-state index is 10.6. The van der Waals surface area contributed by atoms with Crippen LogP contribution in [-0.4, -0.2) is 31.0 Å². The Bertz CT molecular complexity index is 355. The summed E-state index contributed by atoms with van der Waals surface area (Å²) in [5, 5.41) is 42.2. The van der Waals surface area contributed by atoms with Crippen molar-refractivity contribution in [3.8, 4) is 0 Å². The van der Waals surface area contributed by atoms with E-state index >= 15 is 0 Å². The van der Waals surface area contributed by atoms with Crippen LogP contribution in [0.4, 0.5) is 0 Å². The Balaban J connectivity index is 4.84. The molecule has 0 saturated heterocycles. The minimum absolute atomic E-state index is 0.454. The molecule has 107 valence electrons. The van der Waals surface area contributed by atoms with Crippen molar-refractivity contribution in [2.24, 2.45) is 0 Å². The molecule has 12 heteroatoms. The molecule has 12 nitrogen and oxygen atoms in total. The van der Waals surface area contributed by atoms with E-state index in [-0.39, 0.29) is 0 Å². The summed E-state index contributed by atoms with van der Waals surface area (Å²) in [7, 11) is 0. The highest BCUT2D eigenvalue weighted by Gasteiger charge is 2.54. The second-order valence-corrected chi connectivity index (χ2v) is 4.08. The van der Waals surface area contributed by atoms with Crippen LogP contribution >= 0.6 is 0 Å². The molecule has 0 aliphatic heterocycles. The van der Waals surface area contributed by atoms with E-state index in [4.69, 9.17) is 0 Å². The van der Waals surface area contributed by atoms with Crippen molar-refractivity contribution >= 4 is 0 Å². The first-order valence-electron chi connectivity index (χ1n) is 4.92. The van der Waals surface area contributed by atoms with Crippen molar-refractivity contribution in [2.75, 3.05) is 0 Å². The van der Waals surface area contributed by atoms with E-state index in [1.54, 1.807) is 0 Å². The quantitative estimate of drug-likeness (QED) is 0.351. The van der Waals surface area contributed by atoms with E-state index < -0.39 is 50.3 Å². The van der Waals surface area contributed by atoms with Crippen molar-refractivity contribution in [2.45, 2.75) is 37.5 Å². The SMILES string of the molecule is [CH2]C(CCCC(C)([N+](=O)[O-])[N+](=O)[O-])([N+](=O)[O-])[N+](=O)[O-]. The Morgan fingerprint density at radius 1 is 0.842 bits per heavy atom. The van der Waals surface area contributed by atoms with Crippen LogP contribution < -0.4 is 0 Å². The zero-order valence-corrected chi connectivity index (χ0v) is 9.88. The lowest BCUT2D eigenvalue weighted by molar-refractivity contribution is -0.795. The van der Waals surface area contributed by atoms with Gasteiger partial charge in [-0.2, -0.15) is 0 Å².